The molecule has 0 heterocycles. The summed E-state index contributed by atoms with van der Waals surface area (Å²) >= 11 is 4.81. The van der Waals surface area contributed by atoms with Crippen molar-refractivity contribution >= 4 is 38.5 Å². The zero-order valence-corrected chi connectivity index (χ0v) is 8.41. The normalized spacial score (nSPS) is 10.0. The predicted molar refractivity (Wildman–Crippen MR) is 46.8 cm³/mol. The predicted octanol–water partition coefficient (Wildman–Crippen LogP) is 3.33. The van der Waals surface area contributed by atoms with Gasteiger partial charge in [-0.25, -0.2) is 8.78 Å². The summed E-state index contributed by atoms with van der Waals surface area (Å²) in [6.45, 7) is 0. The maximum atomic E-state index is 12.5. The molecule has 0 bridgehead atoms. The lowest BCUT2D eigenvalue weighted by Crippen LogP contribution is -1.84. The number of benzene rings is 1. The number of halogens is 4. The molecular weight excluding hydrogens is 317 g/mol. The van der Waals surface area contributed by atoms with E-state index in [2.05, 4.69) is 15.9 Å². The average Bonchev–Trinajstić information content (AvgIpc) is 1.82. The van der Waals surface area contributed by atoms with E-state index in [1.165, 1.54) is 6.07 Å². The van der Waals surface area contributed by atoms with Gasteiger partial charge in [0, 0.05) is 9.64 Å². The van der Waals surface area contributed by atoms with Crippen LogP contribution in [0.5, 0.6) is 0 Å². The van der Waals surface area contributed by atoms with Crippen LogP contribution in [0, 0.1) is 15.2 Å². The summed E-state index contributed by atoms with van der Waals surface area (Å²) in [5, 5.41) is 0. The first-order valence-electron chi connectivity index (χ1n) is 2.41. The van der Waals surface area contributed by atoms with Crippen molar-refractivity contribution in [2.24, 2.45) is 0 Å². The minimum absolute atomic E-state index is 0.314. The van der Waals surface area contributed by atoms with Crippen LogP contribution in [0.2, 0.25) is 0 Å². The quantitative estimate of drug-likeness (QED) is 0.391. The first kappa shape index (κ1) is 8.39. The highest BCUT2D eigenvalue weighted by atomic mass is 127. The van der Waals surface area contributed by atoms with Crippen molar-refractivity contribution in [1.82, 2.24) is 0 Å². The van der Waals surface area contributed by atoms with Crippen LogP contribution in [0.15, 0.2) is 16.6 Å². The summed E-state index contributed by atoms with van der Waals surface area (Å²) in [5.74, 6) is -1.12. The largest absolute Gasteiger partial charge is 0.207 e. The van der Waals surface area contributed by atoms with Crippen molar-refractivity contribution in [2.75, 3.05) is 0 Å². The SMILES string of the molecule is Fc1cc(F)c(Br)c(I)c1. The lowest BCUT2D eigenvalue weighted by molar-refractivity contribution is 0.577. The number of rotatable bonds is 0. The lowest BCUT2D eigenvalue weighted by Gasteiger charge is -1.96. The van der Waals surface area contributed by atoms with E-state index in [0.717, 1.165) is 6.07 Å². The first-order valence-corrected chi connectivity index (χ1v) is 4.28. The Hall–Kier alpha value is 0.290. The molecule has 0 fully saturated rings. The monoisotopic (exact) mass is 318 g/mol. The van der Waals surface area contributed by atoms with Gasteiger partial charge < -0.3 is 0 Å². The maximum Gasteiger partial charge on any atom is 0.141 e. The summed E-state index contributed by atoms with van der Waals surface area (Å²) in [6.07, 6.45) is 0. The van der Waals surface area contributed by atoms with Gasteiger partial charge in [-0.3, -0.25) is 0 Å². The van der Waals surface area contributed by atoms with Crippen LogP contribution < -0.4 is 0 Å². The summed E-state index contributed by atoms with van der Waals surface area (Å²) in [7, 11) is 0. The Bertz CT molecular complexity index is 239. The molecule has 1 aromatic carbocycles. The van der Waals surface area contributed by atoms with Crippen molar-refractivity contribution in [3.63, 3.8) is 0 Å². The molecule has 0 unspecified atom stereocenters. The molecule has 0 N–H and O–H groups in total. The van der Waals surface area contributed by atoms with Gasteiger partial charge in [-0.05, 0) is 44.6 Å². The number of hydrogen-bond acceptors (Lipinski definition) is 0. The molecule has 0 saturated heterocycles. The van der Waals surface area contributed by atoms with E-state index in [9.17, 15) is 8.78 Å². The van der Waals surface area contributed by atoms with Crippen molar-refractivity contribution < 1.29 is 8.78 Å². The molecule has 0 atom stereocenters. The molecule has 0 aliphatic carbocycles. The molecule has 10 heavy (non-hydrogen) atoms. The van der Waals surface area contributed by atoms with E-state index >= 15 is 0 Å². The van der Waals surface area contributed by atoms with E-state index in [1.54, 1.807) is 0 Å². The van der Waals surface area contributed by atoms with Crippen LogP contribution in [0.25, 0.3) is 0 Å². The van der Waals surface area contributed by atoms with Crippen molar-refractivity contribution in [2.45, 2.75) is 0 Å². The Morgan fingerprint density at radius 2 is 1.90 bits per heavy atom. The fourth-order valence-corrected chi connectivity index (χ4v) is 1.31. The topological polar surface area (TPSA) is 0 Å². The van der Waals surface area contributed by atoms with Crippen LogP contribution in [0.3, 0.4) is 0 Å². The van der Waals surface area contributed by atoms with Crippen LogP contribution in [0.4, 0.5) is 8.78 Å². The highest BCUT2D eigenvalue weighted by Crippen LogP contribution is 2.23. The second-order valence-corrected chi connectivity index (χ2v) is 3.64. The molecule has 1 rings (SSSR count). The molecular formula is C6H2BrF2I. The molecule has 0 spiro atoms. The van der Waals surface area contributed by atoms with E-state index in [-0.39, 0.29) is 0 Å². The Kier molecular flexibility index (Phi) is 2.62. The van der Waals surface area contributed by atoms with Gasteiger partial charge in [-0.2, -0.15) is 0 Å². The van der Waals surface area contributed by atoms with Crippen LogP contribution in [-0.2, 0) is 0 Å². The van der Waals surface area contributed by atoms with Crippen molar-refractivity contribution in [3.05, 3.63) is 31.8 Å². The third-order valence-electron chi connectivity index (χ3n) is 0.949. The summed E-state index contributed by atoms with van der Waals surface area (Å²) < 4.78 is 25.7. The Morgan fingerprint density at radius 3 is 2.40 bits per heavy atom. The Labute approximate surface area is 78.9 Å². The Morgan fingerprint density at radius 1 is 1.30 bits per heavy atom. The average molecular weight is 319 g/mol. The van der Waals surface area contributed by atoms with Crippen molar-refractivity contribution in [3.8, 4) is 0 Å². The molecule has 0 nitrogen and oxygen atoms in total. The van der Waals surface area contributed by atoms with Gasteiger partial charge in [0.2, 0.25) is 0 Å². The van der Waals surface area contributed by atoms with Gasteiger partial charge >= 0.3 is 0 Å². The maximum absolute atomic E-state index is 12.5. The molecule has 0 aromatic heterocycles. The first-order chi connectivity index (χ1) is 4.61. The zero-order valence-electron chi connectivity index (χ0n) is 4.67. The zero-order chi connectivity index (χ0) is 7.72. The highest BCUT2D eigenvalue weighted by molar-refractivity contribution is 14.1. The van der Waals surface area contributed by atoms with Crippen LogP contribution >= 0.6 is 38.5 Å². The molecule has 0 aliphatic heterocycles. The van der Waals surface area contributed by atoms with Crippen LogP contribution in [-0.4, -0.2) is 0 Å². The molecule has 1 aromatic rings. The van der Waals surface area contributed by atoms with Gasteiger partial charge in [0.05, 0.1) is 4.47 Å². The fraction of sp³-hybridized carbons (Fsp3) is 0. The fourth-order valence-electron chi connectivity index (χ4n) is 0.525. The van der Waals surface area contributed by atoms with Gasteiger partial charge in [-0.1, -0.05) is 0 Å². The van der Waals surface area contributed by atoms with Crippen molar-refractivity contribution in [1.29, 1.82) is 0 Å². The molecule has 4 heteroatoms. The highest BCUT2D eigenvalue weighted by Gasteiger charge is 2.04. The standard InChI is InChI=1S/C6H2BrF2I/c7-6-4(9)1-3(8)2-5(6)10/h1-2H. The second-order valence-electron chi connectivity index (χ2n) is 1.68. The second kappa shape index (κ2) is 3.13. The smallest absolute Gasteiger partial charge is 0.141 e. The van der Waals surface area contributed by atoms with Crippen LogP contribution in [0.1, 0.15) is 0 Å². The lowest BCUT2D eigenvalue weighted by atomic mass is 10.3. The number of hydrogen-bond donors (Lipinski definition) is 0. The molecule has 0 amide bonds. The minimum atomic E-state index is -0.565. The molecule has 0 radical (unpaired) electrons. The van der Waals surface area contributed by atoms with Gasteiger partial charge in [0.15, 0.2) is 0 Å². The molecule has 0 saturated carbocycles. The van der Waals surface area contributed by atoms with Gasteiger partial charge in [0.25, 0.3) is 0 Å². The Balaban J connectivity index is 3.31. The minimum Gasteiger partial charge on any atom is -0.207 e. The van der Waals surface area contributed by atoms with Gasteiger partial charge in [0.1, 0.15) is 11.6 Å². The molecule has 54 valence electrons. The van der Waals surface area contributed by atoms with E-state index in [0.29, 0.717) is 8.04 Å². The third kappa shape index (κ3) is 1.66. The third-order valence-corrected chi connectivity index (χ3v) is 3.35. The summed E-state index contributed by atoms with van der Waals surface area (Å²) in [6, 6.07) is 2.10. The van der Waals surface area contributed by atoms with E-state index < -0.39 is 11.6 Å². The van der Waals surface area contributed by atoms with Gasteiger partial charge in [-0.15, -0.1) is 0 Å². The molecule has 0 aliphatic rings. The summed E-state index contributed by atoms with van der Waals surface area (Å²) in [5.41, 5.74) is 0. The summed E-state index contributed by atoms with van der Waals surface area (Å²) in [4.78, 5) is 0. The van der Waals surface area contributed by atoms with E-state index in [4.69, 9.17) is 0 Å². The van der Waals surface area contributed by atoms with E-state index in [1.807, 2.05) is 22.6 Å².